The molecular formula is C53H40N6O4. The van der Waals surface area contributed by atoms with Gasteiger partial charge in [-0.1, -0.05) is 48.5 Å². The van der Waals surface area contributed by atoms with Crippen LogP contribution < -0.4 is 18.9 Å². The summed E-state index contributed by atoms with van der Waals surface area (Å²) in [5.41, 5.74) is 11.0. The third-order valence-electron chi connectivity index (χ3n) is 10.9. The first-order chi connectivity index (χ1) is 30.8. The van der Waals surface area contributed by atoms with Gasteiger partial charge in [0.15, 0.2) is 0 Å². The van der Waals surface area contributed by atoms with Crippen LogP contribution >= 0.6 is 0 Å². The number of fused-ring (bicyclic) bond motifs is 3. The Balaban J connectivity index is 0.894. The Morgan fingerprint density at radius 3 is 1.19 bits per heavy atom. The van der Waals surface area contributed by atoms with Crippen LogP contribution in [0.3, 0.4) is 0 Å². The summed E-state index contributed by atoms with van der Waals surface area (Å²) in [4.78, 5) is 22.3. The van der Waals surface area contributed by atoms with Crippen molar-refractivity contribution >= 4 is 21.8 Å². The van der Waals surface area contributed by atoms with Crippen LogP contribution in [0.2, 0.25) is 0 Å². The predicted molar refractivity (Wildman–Crippen MR) is 246 cm³/mol. The van der Waals surface area contributed by atoms with E-state index in [1.807, 2.05) is 126 Å². The van der Waals surface area contributed by atoms with Gasteiger partial charge in [0.25, 0.3) is 0 Å². The minimum atomic E-state index is 0.456. The first-order valence-electron chi connectivity index (χ1n) is 20.5. The molecule has 0 aliphatic rings. The summed E-state index contributed by atoms with van der Waals surface area (Å²) in [7, 11) is 0. The molecule has 306 valence electrons. The van der Waals surface area contributed by atoms with Gasteiger partial charge in [-0.05, 0) is 122 Å². The number of pyridine rings is 2. The molecule has 10 heteroatoms. The molecule has 4 aromatic heterocycles. The number of hydrogen-bond acceptors (Lipinski definition) is 9. The van der Waals surface area contributed by atoms with Gasteiger partial charge in [0.05, 0.1) is 11.0 Å². The van der Waals surface area contributed by atoms with Gasteiger partial charge >= 0.3 is 0 Å². The number of rotatable bonds is 11. The van der Waals surface area contributed by atoms with Crippen LogP contribution in [0.1, 0.15) is 22.3 Å². The monoisotopic (exact) mass is 824 g/mol. The molecule has 0 bridgehead atoms. The van der Waals surface area contributed by atoms with Crippen LogP contribution in [0.25, 0.3) is 50.0 Å². The molecule has 0 atom stereocenters. The summed E-state index contributed by atoms with van der Waals surface area (Å²) in [5, 5.41) is 1.98. The Bertz CT molecular complexity index is 3040. The molecule has 4 heterocycles. The van der Waals surface area contributed by atoms with E-state index in [-0.39, 0.29) is 0 Å². The summed E-state index contributed by atoms with van der Waals surface area (Å²) in [5.74, 6) is 5.09. The highest BCUT2D eigenvalue weighted by atomic mass is 16.5. The molecule has 0 radical (unpaired) electrons. The zero-order valence-corrected chi connectivity index (χ0v) is 35.0. The average molecular weight is 825 g/mol. The van der Waals surface area contributed by atoms with Crippen molar-refractivity contribution in [2.24, 2.45) is 0 Å². The SMILES string of the molecule is Cc1cccc(C)c1-c1ccc(Oc2cccc(Oc3ccc4c5ccc(Oc6cccc(Oc7ccc(-c8c(C)cccc8C)cn7)c6)cc5n(-c5ncncn5)c4c3)c2)nc1. The lowest BCUT2D eigenvalue weighted by molar-refractivity contribution is 0.449. The van der Waals surface area contributed by atoms with Crippen LogP contribution in [0.4, 0.5) is 0 Å². The fraction of sp³-hybridized carbons (Fsp3) is 0.0755. The van der Waals surface area contributed by atoms with Crippen molar-refractivity contribution < 1.29 is 18.9 Å². The highest BCUT2D eigenvalue weighted by Gasteiger charge is 2.17. The molecule has 0 saturated carbocycles. The molecule has 10 rings (SSSR count). The fourth-order valence-electron chi connectivity index (χ4n) is 8.10. The molecule has 0 amide bonds. The number of aryl methyl sites for hydroxylation is 4. The topological polar surface area (TPSA) is 106 Å². The molecular weight excluding hydrogens is 785 g/mol. The summed E-state index contributed by atoms with van der Waals surface area (Å²) >= 11 is 0. The highest BCUT2D eigenvalue weighted by molar-refractivity contribution is 6.09. The van der Waals surface area contributed by atoms with E-state index >= 15 is 0 Å². The van der Waals surface area contributed by atoms with Crippen LogP contribution in [0.5, 0.6) is 46.3 Å². The Morgan fingerprint density at radius 1 is 0.381 bits per heavy atom. The van der Waals surface area contributed by atoms with Crippen molar-refractivity contribution in [1.29, 1.82) is 0 Å². The van der Waals surface area contributed by atoms with Gasteiger partial charge in [0.1, 0.15) is 47.2 Å². The second-order valence-electron chi connectivity index (χ2n) is 15.3. The van der Waals surface area contributed by atoms with Gasteiger partial charge in [-0.25, -0.2) is 24.9 Å². The smallest absolute Gasteiger partial charge is 0.237 e. The minimum Gasteiger partial charge on any atom is -0.457 e. The van der Waals surface area contributed by atoms with Crippen molar-refractivity contribution in [3.63, 3.8) is 0 Å². The Kier molecular flexibility index (Phi) is 10.2. The summed E-state index contributed by atoms with van der Waals surface area (Å²) in [6.07, 6.45) is 6.66. The van der Waals surface area contributed by atoms with E-state index in [9.17, 15) is 0 Å². The van der Waals surface area contributed by atoms with Gasteiger partial charge in [-0.2, -0.15) is 0 Å². The van der Waals surface area contributed by atoms with Gasteiger partial charge < -0.3 is 18.9 Å². The van der Waals surface area contributed by atoms with Crippen molar-refractivity contribution in [3.8, 4) is 74.5 Å². The second-order valence-corrected chi connectivity index (χ2v) is 15.3. The Labute approximate surface area is 364 Å². The zero-order chi connectivity index (χ0) is 42.9. The number of nitrogens with zero attached hydrogens (tertiary/aromatic N) is 6. The molecule has 0 fully saturated rings. The Morgan fingerprint density at radius 2 is 0.778 bits per heavy atom. The highest BCUT2D eigenvalue weighted by Crippen LogP contribution is 2.39. The summed E-state index contributed by atoms with van der Waals surface area (Å²) in [6.45, 7) is 8.44. The van der Waals surface area contributed by atoms with Crippen LogP contribution in [0, 0.1) is 27.7 Å². The predicted octanol–water partition coefficient (Wildman–Crippen LogP) is 13.5. The molecule has 0 aliphatic carbocycles. The largest absolute Gasteiger partial charge is 0.457 e. The molecule has 0 saturated heterocycles. The maximum absolute atomic E-state index is 6.44. The quantitative estimate of drug-likeness (QED) is 0.126. The number of aromatic nitrogens is 6. The first-order valence-corrected chi connectivity index (χ1v) is 20.5. The lowest BCUT2D eigenvalue weighted by atomic mass is 9.97. The van der Waals surface area contributed by atoms with Crippen LogP contribution in [-0.2, 0) is 0 Å². The van der Waals surface area contributed by atoms with Gasteiger partial charge in [0, 0.05) is 70.7 Å². The normalized spacial score (nSPS) is 11.2. The average Bonchev–Trinajstić information content (AvgIpc) is 3.61. The van der Waals surface area contributed by atoms with Gasteiger partial charge in [-0.15, -0.1) is 0 Å². The number of hydrogen-bond donors (Lipinski definition) is 0. The molecule has 0 unspecified atom stereocenters. The minimum absolute atomic E-state index is 0.456. The Hall–Kier alpha value is -8.37. The van der Waals surface area contributed by atoms with Gasteiger partial charge in [-0.3, -0.25) is 4.57 Å². The number of benzene rings is 6. The maximum atomic E-state index is 6.44. The molecule has 63 heavy (non-hydrogen) atoms. The van der Waals surface area contributed by atoms with E-state index in [0.29, 0.717) is 52.2 Å². The lowest BCUT2D eigenvalue weighted by Crippen LogP contribution is -2.01. The van der Waals surface area contributed by atoms with E-state index in [4.69, 9.17) is 18.9 Å². The van der Waals surface area contributed by atoms with Crippen molar-refractivity contribution in [2.75, 3.05) is 0 Å². The number of ether oxygens (including phenoxy) is 4. The summed E-state index contributed by atoms with van der Waals surface area (Å²) in [6, 6.07) is 47.3. The summed E-state index contributed by atoms with van der Waals surface area (Å²) < 4.78 is 27.2. The van der Waals surface area contributed by atoms with Crippen molar-refractivity contribution in [2.45, 2.75) is 27.7 Å². The molecule has 10 aromatic rings. The second kappa shape index (κ2) is 16.6. The standard InChI is InChI=1S/C53H40N6O4/c1-33-9-5-10-34(2)51(33)37-17-23-49(55-29-37)62-41-15-7-13-39(25-41)60-43-19-21-45-46-22-20-44(28-48(46)59(47(45)27-43)53-57-31-54-32-58-53)61-40-14-8-16-42(26-40)63-50-24-18-38(30-56-50)52-35(3)11-6-12-36(52)4/h5-32H,1-4H3. The molecule has 10 nitrogen and oxygen atoms in total. The van der Waals surface area contributed by atoms with Crippen LogP contribution in [-0.4, -0.2) is 29.5 Å². The van der Waals surface area contributed by atoms with Crippen molar-refractivity contribution in [3.05, 3.63) is 193 Å². The third-order valence-corrected chi connectivity index (χ3v) is 10.9. The zero-order valence-electron chi connectivity index (χ0n) is 35.0. The fourth-order valence-corrected chi connectivity index (χ4v) is 8.10. The van der Waals surface area contributed by atoms with Crippen molar-refractivity contribution in [1.82, 2.24) is 29.5 Å². The molecule has 0 spiro atoms. The van der Waals surface area contributed by atoms with E-state index < -0.39 is 0 Å². The maximum Gasteiger partial charge on any atom is 0.237 e. The van der Waals surface area contributed by atoms with E-state index in [0.717, 1.165) is 32.9 Å². The molecule has 0 aliphatic heterocycles. The molecule has 6 aromatic carbocycles. The van der Waals surface area contributed by atoms with E-state index in [1.165, 1.54) is 46.0 Å². The third kappa shape index (κ3) is 8.01. The van der Waals surface area contributed by atoms with Crippen LogP contribution in [0.15, 0.2) is 171 Å². The van der Waals surface area contributed by atoms with Gasteiger partial charge in [0.2, 0.25) is 17.7 Å². The molecule has 0 N–H and O–H groups in total. The van der Waals surface area contributed by atoms with E-state index in [1.54, 1.807) is 0 Å². The lowest BCUT2D eigenvalue weighted by Gasteiger charge is -2.12. The van der Waals surface area contributed by atoms with E-state index in [2.05, 4.69) is 89.0 Å². The first kappa shape index (κ1) is 38.8.